The first-order valence-electron chi connectivity index (χ1n) is 4.60. The zero-order valence-electron chi connectivity index (χ0n) is 7.86. The van der Waals surface area contributed by atoms with Crippen molar-refractivity contribution in [1.82, 2.24) is 0 Å². The van der Waals surface area contributed by atoms with Gasteiger partial charge < -0.3 is 17.3 Å². The third-order valence-corrected chi connectivity index (χ3v) is 2.44. The first-order valence-corrected chi connectivity index (χ1v) is 4.60. The van der Waals surface area contributed by atoms with Gasteiger partial charge >= 0.3 is 5.69 Å². The summed E-state index contributed by atoms with van der Waals surface area (Å²) in [6.45, 7) is 2.30. The third-order valence-electron chi connectivity index (χ3n) is 2.44. The molecule has 4 heteroatoms. The molecule has 2 rings (SSSR count). The van der Waals surface area contributed by atoms with Crippen LogP contribution < -0.4 is 17.3 Å². The quantitative estimate of drug-likeness (QED) is 0.599. The van der Waals surface area contributed by atoms with Crippen molar-refractivity contribution >= 4 is 11.4 Å². The highest BCUT2D eigenvalue weighted by Gasteiger charge is 2.13. The molecule has 1 fully saturated rings. The summed E-state index contributed by atoms with van der Waals surface area (Å²) >= 11 is 0. The van der Waals surface area contributed by atoms with E-state index in [2.05, 4.69) is 9.88 Å². The summed E-state index contributed by atoms with van der Waals surface area (Å²) in [5.41, 5.74) is 1.84. The molecule has 0 atom stereocenters. The van der Waals surface area contributed by atoms with E-state index in [-0.39, 0.29) is 12.4 Å². The van der Waals surface area contributed by atoms with Crippen LogP contribution in [0.4, 0.5) is 11.4 Å². The van der Waals surface area contributed by atoms with E-state index in [1.807, 2.05) is 24.3 Å². The van der Waals surface area contributed by atoms with E-state index in [9.17, 15) is 0 Å². The second kappa shape index (κ2) is 4.83. The van der Waals surface area contributed by atoms with Gasteiger partial charge in [0.15, 0.2) is 4.98 Å². The van der Waals surface area contributed by atoms with Crippen LogP contribution in [0.5, 0.6) is 0 Å². The Morgan fingerprint density at radius 3 is 2.14 bits per heavy atom. The number of diazo groups is 1. The molecule has 1 aromatic carbocycles. The number of hydrogen-bond donors (Lipinski definition) is 0. The fourth-order valence-electron chi connectivity index (χ4n) is 1.71. The van der Waals surface area contributed by atoms with Gasteiger partial charge in [0.25, 0.3) is 0 Å². The lowest BCUT2D eigenvalue weighted by Crippen LogP contribution is -3.00. The molecule has 0 bridgehead atoms. The van der Waals surface area contributed by atoms with Gasteiger partial charge in [0.2, 0.25) is 5.39 Å². The molecule has 0 N–H and O–H groups in total. The van der Waals surface area contributed by atoms with Gasteiger partial charge in [-0.1, -0.05) is 0 Å². The van der Waals surface area contributed by atoms with Crippen LogP contribution in [-0.4, -0.2) is 13.1 Å². The van der Waals surface area contributed by atoms with Gasteiger partial charge in [0.05, 0.1) is 0 Å². The fourth-order valence-corrected chi connectivity index (χ4v) is 1.71. The Bertz CT molecular complexity index is 322. The van der Waals surface area contributed by atoms with Crippen LogP contribution in [0, 0.1) is 5.39 Å². The van der Waals surface area contributed by atoms with Crippen LogP contribution >= 0.6 is 0 Å². The Hall–Kier alpha value is -1.27. The molecule has 0 spiro atoms. The van der Waals surface area contributed by atoms with Crippen molar-refractivity contribution in [3.63, 3.8) is 0 Å². The summed E-state index contributed by atoms with van der Waals surface area (Å²) in [5.74, 6) is 0. The number of anilines is 1. The van der Waals surface area contributed by atoms with Gasteiger partial charge in [-0.3, -0.25) is 0 Å². The minimum Gasteiger partial charge on any atom is -1.00 e. The average molecular weight is 210 g/mol. The predicted molar refractivity (Wildman–Crippen MR) is 52.6 cm³/mol. The lowest BCUT2D eigenvalue weighted by atomic mass is 10.2. The minimum atomic E-state index is 0. The number of hydrogen-bond acceptors (Lipinski definition) is 2. The van der Waals surface area contributed by atoms with Gasteiger partial charge in [0, 0.05) is 30.9 Å². The number of benzene rings is 1. The van der Waals surface area contributed by atoms with Crippen LogP contribution in [0.3, 0.4) is 0 Å². The minimum absolute atomic E-state index is 0. The van der Waals surface area contributed by atoms with Gasteiger partial charge in [-0.15, -0.1) is 0 Å². The van der Waals surface area contributed by atoms with Crippen LogP contribution in [0.25, 0.3) is 4.98 Å². The van der Waals surface area contributed by atoms with Crippen molar-refractivity contribution in [3.8, 4) is 0 Å². The maximum Gasteiger partial charge on any atom is 0.385 e. The molecule has 1 aliphatic rings. The SMILES string of the molecule is N#[N+]c1ccc(N2CCCC2)cc1.[Cl-]. The summed E-state index contributed by atoms with van der Waals surface area (Å²) in [7, 11) is 0. The molecule has 0 aromatic heterocycles. The van der Waals surface area contributed by atoms with Crippen molar-refractivity contribution < 1.29 is 12.4 Å². The van der Waals surface area contributed by atoms with E-state index < -0.39 is 0 Å². The van der Waals surface area contributed by atoms with Crippen LogP contribution in [0.1, 0.15) is 12.8 Å². The maximum absolute atomic E-state index is 8.51. The molecule has 1 aliphatic heterocycles. The Morgan fingerprint density at radius 1 is 1.07 bits per heavy atom. The molecule has 0 aliphatic carbocycles. The normalized spacial score (nSPS) is 14.6. The molecule has 1 aromatic rings. The Morgan fingerprint density at radius 2 is 1.64 bits per heavy atom. The monoisotopic (exact) mass is 209 g/mol. The molecule has 0 radical (unpaired) electrons. The fraction of sp³-hybridized carbons (Fsp3) is 0.400. The first kappa shape index (κ1) is 10.8. The van der Waals surface area contributed by atoms with Gasteiger partial charge in [-0.25, -0.2) is 0 Å². The lowest BCUT2D eigenvalue weighted by Gasteiger charge is -2.16. The van der Waals surface area contributed by atoms with Crippen molar-refractivity contribution in [2.45, 2.75) is 12.8 Å². The molecule has 1 heterocycles. The standard InChI is InChI=1S/C10H12N3.ClH/c11-12-9-3-5-10(6-4-9)13-7-1-2-8-13;/h3-6H,1-2,7-8H2;1H/q+1;/p-1. The highest BCUT2D eigenvalue weighted by atomic mass is 35.5. The Labute approximate surface area is 89.8 Å². The lowest BCUT2D eigenvalue weighted by molar-refractivity contribution is -0.00000284. The molecular formula is C10H12ClN3. The van der Waals surface area contributed by atoms with E-state index in [1.54, 1.807) is 0 Å². The second-order valence-electron chi connectivity index (χ2n) is 3.31. The molecule has 74 valence electrons. The maximum atomic E-state index is 8.51. The number of nitrogens with zero attached hydrogens (tertiary/aromatic N) is 3. The Balaban J connectivity index is 0.000000980. The molecule has 14 heavy (non-hydrogen) atoms. The first-order chi connectivity index (χ1) is 6.40. The van der Waals surface area contributed by atoms with Gasteiger partial charge in [-0.2, -0.15) is 0 Å². The van der Waals surface area contributed by atoms with Crippen LogP contribution in [-0.2, 0) is 0 Å². The summed E-state index contributed by atoms with van der Waals surface area (Å²) in [6.07, 6.45) is 2.57. The van der Waals surface area contributed by atoms with E-state index in [0.717, 1.165) is 13.1 Å². The second-order valence-corrected chi connectivity index (χ2v) is 3.31. The number of rotatable bonds is 1. The summed E-state index contributed by atoms with van der Waals surface area (Å²) in [6, 6.07) is 7.65. The van der Waals surface area contributed by atoms with E-state index in [0.29, 0.717) is 5.69 Å². The van der Waals surface area contributed by atoms with Crippen molar-refractivity contribution in [1.29, 1.82) is 5.39 Å². The van der Waals surface area contributed by atoms with E-state index in [1.165, 1.54) is 18.5 Å². The summed E-state index contributed by atoms with van der Waals surface area (Å²) in [4.78, 5) is 5.47. The van der Waals surface area contributed by atoms with E-state index in [4.69, 9.17) is 5.39 Å². The summed E-state index contributed by atoms with van der Waals surface area (Å²) in [5, 5.41) is 8.51. The van der Waals surface area contributed by atoms with Gasteiger partial charge in [-0.05, 0) is 25.0 Å². The van der Waals surface area contributed by atoms with E-state index >= 15 is 0 Å². The number of halogens is 1. The van der Waals surface area contributed by atoms with Crippen molar-refractivity contribution in [2.75, 3.05) is 18.0 Å². The molecule has 0 amide bonds. The topological polar surface area (TPSA) is 31.4 Å². The molecule has 1 saturated heterocycles. The van der Waals surface area contributed by atoms with Crippen LogP contribution in [0.2, 0.25) is 0 Å². The van der Waals surface area contributed by atoms with Crippen LogP contribution in [0.15, 0.2) is 24.3 Å². The van der Waals surface area contributed by atoms with Gasteiger partial charge in [0.1, 0.15) is 0 Å². The predicted octanol–water partition coefficient (Wildman–Crippen LogP) is -0.225. The molecular weight excluding hydrogens is 198 g/mol. The summed E-state index contributed by atoms with van der Waals surface area (Å²) < 4.78 is 0. The molecule has 0 saturated carbocycles. The largest absolute Gasteiger partial charge is 1.00 e. The Kier molecular flexibility index (Phi) is 3.73. The highest BCUT2D eigenvalue weighted by molar-refractivity contribution is 5.55. The average Bonchev–Trinajstić information content (AvgIpc) is 2.71. The molecule has 0 unspecified atom stereocenters. The highest BCUT2D eigenvalue weighted by Crippen LogP contribution is 2.22. The van der Waals surface area contributed by atoms with Crippen molar-refractivity contribution in [3.05, 3.63) is 29.2 Å². The third kappa shape index (κ3) is 2.15. The molecule has 3 nitrogen and oxygen atoms in total. The van der Waals surface area contributed by atoms with Crippen molar-refractivity contribution in [2.24, 2.45) is 0 Å². The zero-order chi connectivity index (χ0) is 9.10. The zero-order valence-corrected chi connectivity index (χ0v) is 8.61. The smallest absolute Gasteiger partial charge is 0.385 e.